The Kier molecular flexibility index (Phi) is 5.97. The molecule has 0 spiro atoms. The molecule has 0 N–H and O–H groups in total. The summed E-state index contributed by atoms with van der Waals surface area (Å²) in [6.45, 7) is 8.94. The number of rotatable bonds is 6. The number of allylic oxidation sites excluding steroid dienone is 2. The van der Waals surface area contributed by atoms with E-state index < -0.39 is 0 Å². The molecule has 1 unspecified atom stereocenters. The van der Waals surface area contributed by atoms with Gasteiger partial charge in [-0.15, -0.1) is 0 Å². The van der Waals surface area contributed by atoms with Gasteiger partial charge in [-0.3, -0.25) is 0 Å². The van der Waals surface area contributed by atoms with Crippen molar-refractivity contribution in [1.82, 2.24) is 0 Å². The van der Waals surface area contributed by atoms with Crippen LogP contribution in [0.2, 0.25) is 0 Å². The topological polar surface area (TPSA) is 9.23 Å². The second-order valence-corrected chi connectivity index (χ2v) is 5.04. The van der Waals surface area contributed by atoms with E-state index in [1.54, 1.807) is 7.11 Å². The molecule has 1 aromatic carbocycles. The molecule has 0 heterocycles. The maximum Gasteiger partial charge on any atom is 0.119 e. The van der Waals surface area contributed by atoms with Crippen molar-refractivity contribution in [1.29, 1.82) is 0 Å². The van der Waals surface area contributed by atoms with Gasteiger partial charge in [0.15, 0.2) is 0 Å². The highest BCUT2D eigenvalue weighted by molar-refractivity contribution is 5.68. The van der Waals surface area contributed by atoms with Gasteiger partial charge in [0.25, 0.3) is 0 Å². The molecule has 0 radical (unpaired) electrons. The molecule has 1 heteroatoms. The van der Waals surface area contributed by atoms with E-state index in [2.05, 4.69) is 52.0 Å². The Labute approximate surface area is 112 Å². The van der Waals surface area contributed by atoms with E-state index in [0.29, 0.717) is 0 Å². The molecule has 18 heavy (non-hydrogen) atoms. The van der Waals surface area contributed by atoms with E-state index in [-0.39, 0.29) is 0 Å². The first kappa shape index (κ1) is 14.8. The number of benzene rings is 1. The summed E-state index contributed by atoms with van der Waals surface area (Å²) < 4.78 is 5.34. The highest BCUT2D eigenvalue weighted by atomic mass is 16.5. The average molecular weight is 246 g/mol. The number of hydrogen-bond acceptors (Lipinski definition) is 1. The lowest BCUT2D eigenvalue weighted by Gasteiger charge is -2.15. The lowest BCUT2D eigenvalue weighted by Crippen LogP contribution is -2.01. The van der Waals surface area contributed by atoms with Crippen LogP contribution in [-0.2, 0) is 6.42 Å². The number of ether oxygens (including phenoxy) is 1. The highest BCUT2D eigenvalue weighted by Gasteiger charge is 2.09. The Morgan fingerprint density at radius 2 is 2.06 bits per heavy atom. The van der Waals surface area contributed by atoms with Crippen LogP contribution in [-0.4, -0.2) is 7.11 Å². The Morgan fingerprint density at radius 3 is 2.61 bits per heavy atom. The fourth-order valence-electron chi connectivity index (χ4n) is 2.16. The molecule has 0 amide bonds. The summed E-state index contributed by atoms with van der Waals surface area (Å²) >= 11 is 0. The third kappa shape index (κ3) is 3.90. The van der Waals surface area contributed by atoms with E-state index in [1.807, 2.05) is 0 Å². The van der Waals surface area contributed by atoms with E-state index in [0.717, 1.165) is 24.5 Å². The second-order valence-electron chi connectivity index (χ2n) is 5.04. The smallest absolute Gasteiger partial charge is 0.119 e. The molecule has 0 aliphatic carbocycles. The standard InChI is InChI=1S/C17H26O/c1-6-8-14(4)17-12-16(18-5)10-9-15(17)11-13(3)7-2/h8-10,12-13H,6-7,11H2,1-5H3/b14-8+. The molecule has 0 aliphatic heterocycles. The Hall–Kier alpha value is -1.24. The normalized spacial score (nSPS) is 13.5. The molecule has 1 rings (SSSR count). The van der Waals surface area contributed by atoms with Crippen LogP contribution in [0, 0.1) is 5.92 Å². The van der Waals surface area contributed by atoms with Gasteiger partial charge in [0, 0.05) is 0 Å². The van der Waals surface area contributed by atoms with Crippen LogP contribution in [0.25, 0.3) is 5.57 Å². The average Bonchev–Trinajstić information content (AvgIpc) is 2.39. The Morgan fingerprint density at radius 1 is 1.33 bits per heavy atom. The highest BCUT2D eigenvalue weighted by Crippen LogP contribution is 2.27. The van der Waals surface area contributed by atoms with Gasteiger partial charge in [-0.2, -0.15) is 0 Å². The zero-order chi connectivity index (χ0) is 13.5. The van der Waals surface area contributed by atoms with E-state index in [9.17, 15) is 0 Å². The Bertz CT molecular complexity index is 404. The summed E-state index contributed by atoms with van der Waals surface area (Å²) in [4.78, 5) is 0. The van der Waals surface area contributed by atoms with Crippen molar-refractivity contribution < 1.29 is 4.74 Å². The molecule has 0 aliphatic rings. The van der Waals surface area contributed by atoms with Gasteiger partial charge in [0.2, 0.25) is 0 Å². The summed E-state index contributed by atoms with van der Waals surface area (Å²) in [7, 11) is 1.73. The zero-order valence-corrected chi connectivity index (χ0v) is 12.4. The third-order valence-corrected chi connectivity index (χ3v) is 3.52. The SMILES string of the molecule is CC/C=C(\C)c1cc(OC)ccc1CC(C)CC. The first-order chi connectivity index (χ1) is 8.62. The minimum Gasteiger partial charge on any atom is -0.497 e. The van der Waals surface area contributed by atoms with Gasteiger partial charge < -0.3 is 4.74 Å². The molecule has 1 aromatic rings. The van der Waals surface area contributed by atoms with Crippen molar-refractivity contribution in [2.75, 3.05) is 7.11 Å². The van der Waals surface area contributed by atoms with Crippen LogP contribution in [0.15, 0.2) is 24.3 Å². The van der Waals surface area contributed by atoms with E-state index in [4.69, 9.17) is 4.74 Å². The molecule has 1 atom stereocenters. The van der Waals surface area contributed by atoms with Crippen LogP contribution in [0.4, 0.5) is 0 Å². The predicted molar refractivity (Wildman–Crippen MR) is 80.1 cm³/mol. The van der Waals surface area contributed by atoms with Gasteiger partial charge in [0.1, 0.15) is 5.75 Å². The molecule has 0 aromatic heterocycles. The quantitative estimate of drug-likeness (QED) is 0.678. The number of methoxy groups -OCH3 is 1. The van der Waals surface area contributed by atoms with Crippen molar-refractivity contribution in [3.05, 3.63) is 35.4 Å². The van der Waals surface area contributed by atoms with Gasteiger partial charge in [-0.1, -0.05) is 39.3 Å². The van der Waals surface area contributed by atoms with Gasteiger partial charge in [-0.05, 0) is 54.5 Å². The van der Waals surface area contributed by atoms with Crippen LogP contribution in [0.5, 0.6) is 5.75 Å². The van der Waals surface area contributed by atoms with Crippen molar-refractivity contribution in [3.63, 3.8) is 0 Å². The maximum atomic E-state index is 5.34. The minimum absolute atomic E-state index is 0.728. The lowest BCUT2D eigenvalue weighted by atomic mass is 9.92. The van der Waals surface area contributed by atoms with Gasteiger partial charge in [-0.25, -0.2) is 0 Å². The molecule has 1 nitrogen and oxygen atoms in total. The lowest BCUT2D eigenvalue weighted by molar-refractivity contribution is 0.414. The predicted octanol–water partition coefficient (Wildman–Crippen LogP) is 5.10. The fourth-order valence-corrected chi connectivity index (χ4v) is 2.16. The van der Waals surface area contributed by atoms with E-state index >= 15 is 0 Å². The first-order valence-electron chi connectivity index (χ1n) is 6.96. The van der Waals surface area contributed by atoms with Crippen molar-refractivity contribution in [2.45, 2.75) is 47.0 Å². The molecule has 0 fully saturated rings. The van der Waals surface area contributed by atoms with Gasteiger partial charge in [0.05, 0.1) is 7.11 Å². The monoisotopic (exact) mass is 246 g/mol. The Balaban J connectivity index is 3.12. The fraction of sp³-hybridized carbons (Fsp3) is 0.529. The molecule has 0 saturated heterocycles. The second kappa shape index (κ2) is 7.25. The number of hydrogen-bond donors (Lipinski definition) is 0. The molecule has 100 valence electrons. The van der Waals surface area contributed by atoms with Crippen LogP contribution in [0.1, 0.15) is 51.7 Å². The molecular formula is C17H26O. The van der Waals surface area contributed by atoms with Gasteiger partial charge >= 0.3 is 0 Å². The summed E-state index contributed by atoms with van der Waals surface area (Å²) in [6, 6.07) is 6.45. The van der Waals surface area contributed by atoms with Crippen LogP contribution >= 0.6 is 0 Å². The van der Waals surface area contributed by atoms with E-state index in [1.165, 1.54) is 23.1 Å². The summed E-state index contributed by atoms with van der Waals surface area (Å²) in [6.07, 6.45) is 5.73. The van der Waals surface area contributed by atoms with Crippen LogP contribution in [0.3, 0.4) is 0 Å². The third-order valence-electron chi connectivity index (χ3n) is 3.52. The molecule has 0 bridgehead atoms. The molecule has 0 saturated carbocycles. The molecular weight excluding hydrogens is 220 g/mol. The van der Waals surface area contributed by atoms with Crippen LogP contribution < -0.4 is 4.74 Å². The summed E-state index contributed by atoms with van der Waals surface area (Å²) in [5, 5.41) is 0. The van der Waals surface area contributed by atoms with Crippen molar-refractivity contribution in [2.24, 2.45) is 5.92 Å². The van der Waals surface area contributed by atoms with Crippen molar-refractivity contribution in [3.8, 4) is 5.75 Å². The minimum atomic E-state index is 0.728. The van der Waals surface area contributed by atoms with Crippen molar-refractivity contribution >= 4 is 5.57 Å². The zero-order valence-electron chi connectivity index (χ0n) is 12.4. The first-order valence-corrected chi connectivity index (χ1v) is 6.96. The summed E-state index contributed by atoms with van der Waals surface area (Å²) in [5.41, 5.74) is 4.14. The summed E-state index contributed by atoms with van der Waals surface area (Å²) in [5.74, 6) is 1.67. The largest absolute Gasteiger partial charge is 0.497 e. The maximum absolute atomic E-state index is 5.34.